The van der Waals surface area contributed by atoms with Crippen molar-refractivity contribution in [2.75, 3.05) is 29.5 Å². The minimum absolute atomic E-state index is 0.147. The van der Waals surface area contributed by atoms with E-state index in [2.05, 4.69) is 0 Å². The van der Waals surface area contributed by atoms with Gasteiger partial charge in [0.05, 0.1) is 5.56 Å². The first-order valence-corrected chi connectivity index (χ1v) is 8.32. The van der Waals surface area contributed by atoms with E-state index in [4.69, 9.17) is 5.73 Å². The average Bonchev–Trinajstić information content (AvgIpc) is 2.65. The summed E-state index contributed by atoms with van der Waals surface area (Å²) >= 11 is 1.80. The lowest BCUT2D eigenvalue weighted by atomic mass is 10.0. The Morgan fingerprint density at radius 2 is 2.05 bits per heavy atom. The Labute approximate surface area is 127 Å². The number of nitrogens with zero attached hydrogens (tertiary/aromatic N) is 1. The highest BCUT2D eigenvalue weighted by molar-refractivity contribution is 7.99. The number of benzene rings is 1. The van der Waals surface area contributed by atoms with Crippen LogP contribution in [0.3, 0.4) is 0 Å². The molecule has 0 bridgehead atoms. The van der Waals surface area contributed by atoms with E-state index < -0.39 is 11.7 Å². The predicted molar refractivity (Wildman–Crippen MR) is 83.0 cm³/mol. The molecule has 2 rings (SSSR count). The molecule has 0 aliphatic carbocycles. The van der Waals surface area contributed by atoms with Gasteiger partial charge in [-0.2, -0.15) is 24.9 Å². The fourth-order valence-corrected chi connectivity index (χ4v) is 3.46. The van der Waals surface area contributed by atoms with Crippen molar-refractivity contribution in [3.8, 4) is 0 Å². The van der Waals surface area contributed by atoms with E-state index in [0.29, 0.717) is 30.8 Å². The van der Waals surface area contributed by atoms with Gasteiger partial charge in [-0.05, 0) is 43.2 Å². The molecule has 0 amide bonds. The van der Waals surface area contributed by atoms with Crippen LogP contribution in [0.5, 0.6) is 0 Å². The third-order valence-electron chi connectivity index (χ3n) is 3.49. The molecule has 2 N–H and O–H groups in total. The van der Waals surface area contributed by atoms with Gasteiger partial charge in [0.1, 0.15) is 0 Å². The second-order valence-electron chi connectivity index (χ2n) is 5.48. The van der Waals surface area contributed by atoms with Crippen molar-refractivity contribution in [3.05, 3.63) is 29.3 Å². The van der Waals surface area contributed by atoms with Gasteiger partial charge in [-0.1, -0.05) is 6.07 Å². The van der Waals surface area contributed by atoms with Crippen molar-refractivity contribution in [2.45, 2.75) is 32.0 Å². The Bertz CT molecular complexity index is 466. The van der Waals surface area contributed by atoms with Crippen molar-refractivity contribution < 1.29 is 13.2 Å². The summed E-state index contributed by atoms with van der Waals surface area (Å²) in [5, 5.41) is 0. The number of nitrogens with two attached hydrogens (primary N) is 1. The summed E-state index contributed by atoms with van der Waals surface area (Å²) in [4.78, 5) is 1.86. The molecular formula is C15H21F3N2S. The zero-order valence-electron chi connectivity index (χ0n) is 12.1. The van der Waals surface area contributed by atoms with Gasteiger partial charge in [-0.15, -0.1) is 0 Å². The fraction of sp³-hybridized carbons (Fsp3) is 0.600. The largest absolute Gasteiger partial charge is 0.418 e. The summed E-state index contributed by atoms with van der Waals surface area (Å²) in [7, 11) is 0. The van der Waals surface area contributed by atoms with E-state index in [0.717, 1.165) is 17.9 Å². The lowest BCUT2D eigenvalue weighted by molar-refractivity contribution is -0.137. The van der Waals surface area contributed by atoms with Crippen LogP contribution in [0, 0.1) is 0 Å². The number of halogens is 3. The maximum atomic E-state index is 13.4. The first-order valence-electron chi connectivity index (χ1n) is 7.16. The molecule has 0 saturated carbocycles. The number of alkyl halides is 3. The van der Waals surface area contributed by atoms with Crippen LogP contribution >= 0.6 is 11.8 Å². The number of hydrogen-bond donors (Lipinski definition) is 1. The number of rotatable bonds is 3. The quantitative estimate of drug-likeness (QED) is 0.924. The first-order chi connectivity index (χ1) is 9.88. The van der Waals surface area contributed by atoms with Gasteiger partial charge < -0.3 is 10.6 Å². The molecule has 1 fully saturated rings. The van der Waals surface area contributed by atoms with Crippen LogP contribution in [-0.4, -0.2) is 30.6 Å². The molecule has 0 spiro atoms. The van der Waals surface area contributed by atoms with Gasteiger partial charge in [0.15, 0.2) is 0 Å². The van der Waals surface area contributed by atoms with Crippen LogP contribution in [0.25, 0.3) is 0 Å². The normalized spacial score (nSPS) is 18.4. The minimum Gasteiger partial charge on any atom is -0.370 e. The molecule has 1 aromatic rings. The standard InChI is InChI=1S/C15H21F3N2S/c1-11(19)9-12-3-4-14(13(10-12)15(16,17)18)20-5-2-7-21-8-6-20/h3-4,10-11H,2,5-9,19H2,1H3. The Morgan fingerprint density at radius 1 is 1.29 bits per heavy atom. The lowest BCUT2D eigenvalue weighted by Crippen LogP contribution is -2.28. The van der Waals surface area contributed by atoms with Crippen LogP contribution in [0.1, 0.15) is 24.5 Å². The topological polar surface area (TPSA) is 29.3 Å². The van der Waals surface area contributed by atoms with Crippen molar-refractivity contribution in [3.63, 3.8) is 0 Å². The van der Waals surface area contributed by atoms with Crippen LogP contribution in [0.15, 0.2) is 18.2 Å². The molecule has 0 radical (unpaired) electrons. The zero-order valence-corrected chi connectivity index (χ0v) is 12.9. The summed E-state index contributed by atoms with van der Waals surface area (Å²) in [6.45, 7) is 3.15. The van der Waals surface area contributed by atoms with Crippen molar-refractivity contribution >= 4 is 17.4 Å². The molecule has 1 aliphatic rings. The summed E-state index contributed by atoms with van der Waals surface area (Å²) in [5.74, 6) is 1.89. The monoisotopic (exact) mass is 318 g/mol. The van der Waals surface area contributed by atoms with E-state index in [9.17, 15) is 13.2 Å². The molecule has 1 saturated heterocycles. The lowest BCUT2D eigenvalue weighted by Gasteiger charge is -2.26. The average molecular weight is 318 g/mol. The maximum absolute atomic E-state index is 13.4. The molecule has 118 valence electrons. The Morgan fingerprint density at radius 3 is 2.71 bits per heavy atom. The second kappa shape index (κ2) is 6.92. The number of anilines is 1. The summed E-state index contributed by atoms with van der Waals surface area (Å²) in [5.41, 5.74) is 6.10. The molecule has 6 heteroatoms. The summed E-state index contributed by atoms with van der Waals surface area (Å²) < 4.78 is 40.1. The summed E-state index contributed by atoms with van der Waals surface area (Å²) in [6, 6.07) is 4.49. The Balaban J connectivity index is 2.34. The van der Waals surface area contributed by atoms with Gasteiger partial charge >= 0.3 is 6.18 Å². The molecule has 0 aromatic heterocycles. The zero-order chi connectivity index (χ0) is 15.5. The minimum atomic E-state index is -4.33. The third kappa shape index (κ3) is 4.54. The van der Waals surface area contributed by atoms with Gasteiger partial charge in [0.25, 0.3) is 0 Å². The van der Waals surface area contributed by atoms with Gasteiger partial charge in [-0.25, -0.2) is 0 Å². The van der Waals surface area contributed by atoms with Gasteiger partial charge in [0, 0.05) is 30.6 Å². The molecule has 1 atom stereocenters. The first kappa shape index (κ1) is 16.5. The van der Waals surface area contributed by atoms with Gasteiger partial charge in [0.2, 0.25) is 0 Å². The van der Waals surface area contributed by atoms with Crippen molar-refractivity contribution in [2.24, 2.45) is 5.73 Å². The molecule has 21 heavy (non-hydrogen) atoms. The SMILES string of the molecule is CC(N)Cc1ccc(N2CCCSCC2)c(C(F)(F)F)c1. The van der Waals surface area contributed by atoms with Gasteiger partial charge in [-0.3, -0.25) is 0 Å². The Hall–Kier alpha value is -0.880. The van der Waals surface area contributed by atoms with Crippen LogP contribution < -0.4 is 10.6 Å². The second-order valence-corrected chi connectivity index (χ2v) is 6.71. The maximum Gasteiger partial charge on any atom is 0.418 e. The Kier molecular flexibility index (Phi) is 5.43. The fourth-order valence-electron chi connectivity index (χ4n) is 2.57. The number of thioether (sulfide) groups is 1. The molecule has 1 unspecified atom stereocenters. The van der Waals surface area contributed by atoms with Crippen LogP contribution in [-0.2, 0) is 12.6 Å². The highest BCUT2D eigenvalue weighted by Gasteiger charge is 2.35. The smallest absolute Gasteiger partial charge is 0.370 e. The van der Waals surface area contributed by atoms with E-state index in [1.807, 2.05) is 4.90 Å². The predicted octanol–water partition coefficient (Wildman–Crippen LogP) is 3.54. The summed E-state index contributed by atoms with van der Waals surface area (Å²) in [6.07, 6.45) is -2.95. The molecule has 1 aromatic carbocycles. The number of hydrogen-bond acceptors (Lipinski definition) is 3. The highest BCUT2D eigenvalue weighted by Crippen LogP contribution is 2.38. The molecule has 1 aliphatic heterocycles. The van der Waals surface area contributed by atoms with E-state index >= 15 is 0 Å². The van der Waals surface area contributed by atoms with Crippen LogP contribution in [0.2, 0.25) is 0 Å². The van der Waals surface area contributed by atoms with E-state index in [-0.39, 0.29) is 6.04 Å². The third-order valence-corrected chi connectivity index (χ3v) is 4.54. The van der Waals surface area contributed by atoms with E-state index in [1.165, 1.54) is 6.07 Å². The molecule has 2 nitrogen and oxygen atoms in total. The molecular weight excluding hydrogens is 297 g/mol. The highest BCUT2D eigenvalue weighted by atomic mass is 32.2. The van der Waals surface area contributed by atoms with Crippen LogP contribution in [0.4, 0.5) is 18.9 Å². The van der Waals surface area contributed by atoms with E-state index in [1.54, 1.807) is 30.8 Å². The van der Waals surface area contributed by atoms with Crippen molar-refractivity contribution in [1.82, 2.24) is 0 Å². The molecule has 1 heterocycles. The van der Waals surface area contributed by atoms with Crippen molar-refractivity contribution in [1.29, 1.82) is 0 Å².